The third kappa shape index (κ3) is 4.86. The van der Waals surface area contributed by atoms with Gasteiger partial charge in [0, 0.05) is 5.38 Å². The average molecular weight is 304 g/mol. The molecule has 1 aromatic carbocycles. The number of amides is 1. The number of hydrogen-bond donors (Lipinski definition) is 1. The molecule has 1 unspecified atom stereocenters. The Balaban J connectivity index is 1.73. The summed E-state index contributed by atoms with van der Waals surface area (Å²) in [6.07, 6.45) is 0.335. The van der Waals surface area contributed by atoms with Gasteiger partial charge in [-0.25, -0.2) is 4.98 Å². The summed E-state index contributed by atoms with van der Waals surface area (Å²) in [7, 11) is 0. The number of rotatable bonds is 6. The second-order valence-corrected chi connectivity index (χ2v) is 6.05. The van der Waals surface area contributed by atoms with Crippen molar-refractivity contribution in [1.82, 2.24) is 10.3 Å². The average Bonchev–Trinajstić information content (AvgIpc) is 2.88. The van der Waals surface area contributed by atoms with Gasteiger partial charge in [-0.3, -0.25) is 4.79 Å². The molecular weight excluding hydrogens is 284 g/mol. The van der Waals surface area contributed by atoms with Crippen LogP contribution in [0.15, 0.2) is 29.6 Å². The predicted octanol–water partition coefficient (Wildman–Crippen LogP) is 3.41. The number of thiazole rings is 1. The summed E-state index contributed by atoms with van der Waals surface area (Å²) in [5, 5.41) is 5.91. The normalized spacial score (nSPS) is 12.0. The zero-order valence-electron chi connectivity index (χ0n) is 12.6. The molecule has 0 fully saturated rings. The molecule has 0 bridgehead atoms. The van der Waals surface area contributed by atoms with Crippen LogP contribution < -0.4 is 10.1 Å². The van der Waals surface area contributed by atoms with E-state index in [2.05, 4.69) is 10.3 Å². The fourth-order valence-electron chi connectivity index (χ4n) is 1.86. The summed E-state index contributed by atoms with van der Waals surface area (Å²) >= 11 is 1.59. The number of carbonyl (C=O) groups excluding carboxylic acids is 1. The van der Waals surface area contributed by atoms with E-state index in [4.69, 9.17) is 4.74 Å². The number of aryl methyl sites for hydroxylation is 2. The molecule has 2 rings (SSSR count). The molecule has 0 aliphatic rings. The highest BCUT2D eigenvalue weighted by atomic mass is 32.1. The van der Waals surface area contributed by atoms with E-state index >= 15 is 0 Å². The minimum atomic E-state index is -0.0678. The quantitative estimate of drug-likeness (QED) is 0.890. The lowest BCUT2D eigenvalue weighted by atomic mass is 10.2. The lowest BCUT2D eigenvalue weighted by Gasteiger charge is -2.12. The molecule has 1 atom stereocenters. The highest BCUT2D eigenvalue weighted by molar-refractivity contribution is 7.09. The molecule has 1 aromatic heterocycles. The Labute approximate surface area is 129 Å². The Morgan fingerprint density at radius 3 is 2.67 bits per heavy atom. The van der Waals surface area contributed by atoms with Gasteiger partial charge in [0.05, 0.1) is 29.8 Å². The highest BCUT2D eigenvalue weighted by Crippen LogP contribution is 2.16. The van der Waals surface area contributed by atoms with Crippen LogP contribution in [0.5, 0.6) is 5.75 Å². The van der Waals surface area contributed by atoms with Gasteiger partial charge in [-0.2, -0.15) is 0 Å². The molecular formula is C16H20N2O2S. The molecule has 0 saturated heterocycles. The predicted molar refractivity (Wildman–Crippen MR) is 84.7 cm³/mol. The van der Waals surface area contributed by atoms with Gasteiger partial charge < -0.3 is 10.1 Å². The van der Waals surface area contributed by atoms with Gasteiger partial charge in [-0.15, -0.1) is 11.3 Å². The highest BCUT2D eigenvalue weighted by Gasteiger charge is 2.12. The number of carbonyl (C=O) groups is 1. The first-order valence-corrected chi connectivity index (χ1v) is 7.83. The summed E-state index contributed by atoms with van der Waals surface area (Å²) in [5.41, 5.74) is 2.10. The van der Waals surface area contributed by atoms with Crippen LogP contribution in [-0.2, 0) is 4.79 Å². The van der Waals surface area contributed by atoms with Gasteiger partial charge in [0.15, 0.2) is 0 Å². The van der Waals surface area contributed by atoms with Crippen LogP contribution in [0.2, 0.25) is 0 Å². The van der Waals surface area contributed by atoms with E-state index in [1.165, 1.54) is 5.56 Å². The first kappa shape index (κ1) is 15.5. The van der Waals surface area contributed by atoms with E-state index < -0.39 is 0 Å². The van der Waals surface area contributed by atoms with Gasteiger partial charge >= 0.3 is 0 Å². The summed E-state index contributed by atoms with van der Waals surface area (Å²) in [6, 6.07) is 7.73. The van der Waals surface area contributed by atoms with Crippen molar-refractivity contribution >= 4 is 17.2 Å². The minimum absolute atomic E-state index is 0.0275. The molecule has 0 aliphatic heterocycles. The zero-order valence-corrected chi connectivity index (χ0v) is 13.4. The standard InChI is InChI=1S/C16H20N2O2S/c1-11-4-6-14(7-5-11)20-9-8-16(19)17-12(2)15-10-21-13(3)18-15/h4-7,10,12H,8-9H2,1-3H3,(H,17,19). The fourth-order valence-corrected chi connectivity index (χ4v) is 2.57. The molecule has 112 valence electrons. The number of benzene rings is 1. The fraction of sp³-hybridized carbons (Fsp3) is 0.375. The maximum atomic E-state index is 11.9. The molecule has 0 aliphatic carbocycles. The Kier molecular flexibility index (Phi) is 5.33. The van der Waals surface area contributed by atoms with E-state index in [1.54, 1.807) is 11.3 Å². The van der Waals surface area contributed by atoms with Crippen LogP contribution in [-0.4, -0.2) is 17.5 Å². The van der Waals surface area contributed by atoms with Gasteiger partial charge in [0.2, 0.25) is 5.91 Å². The van der Waals surface area contributed by atoms with Crippen molar-refractivity contribution in [2.75, 3.05) is 6.61 Å². The first-order chi connectivity index (χ1) is 10.0. The molecule has 2 aromatic rings. The number of aromatic nitrogens is 1. The zero-order chi connectivity index (χ0) is 15.2. The maximum absolute atomic E-state index is 11.9. The summed E-state index contributed by atoms with van der Waals surface area (Å²) in [4.78, 5) is 16.2. The van der Waals surface area contributed by atoms with Gasteiger partial charge in [0.1, 0.15) is 5.75 Å². The summed E-state index contributed by atoms with van der Waals surface area (Å²) < 4.78 is 5.55. The van der Waals surface area contributed by atoms with Crippen molar-refractivity contribution in [3.05, 3.63) is 45.9 Å². The van der Waals surface area contributed by atoms with Gasteiger partial charge in [0.25, 0.3) is 0 Å². The second kappa shape index (κ2) is 7.22. The van der Waals surface area contributed by atoms with Crippen LogP contribution in [0.25, 0.3) is 0 Å². The van der Waals surface area contributed by atoms with Crippen molar-refractivity contribution in [1.29, 1.82) is 0 Å². The van der Waals surface area contributed by atoms with Gasteiger partial charge in [-0.05, 0) is 32.9 Å². The maximum Gasteiger partial charge on any atom is 0.223 e. The molecule has 1 N–H and O–H groups in total. The third-order valence-corrected chi connectivity index (χ3v) is 3.87. The smallest absolute Gasteiger partial charge is 0.223 e. The van der Waals surface area contributed by atoms with Crippen LogP contribution in [0.4, 0.5) is 0 Å². The topological polar surface area (TPSA) is 51.2 Å². The Bertz CT molecular complexity index is 593. The Morgan fingerprint density at radius 1 is 1.33 bits per heavy atom. The van der Waals surface area contributed by atoms with Crippen LogP contribution in [0, 0.1) is 13.8 Å². The van der Waals surface area contributed by atoms with E-state index in [-0.39, 0.29) is 11.9 Å². The Morgan fingerprint density at radius 2 is 2.05 bits per heavy atom. The van der Waals surface area contributed by atoms with Crippen LogP contribution >= 0.6 is 11.3 Å². The van der Waals surface area contributed by atoms with Crippen LogP contribution in [0.3, 0.4) is 0 Å². The van der Waals surface area contributed by atoms with E-state index in [0.717, 1.165) is 16.5 Å². The summed E-state index contributed by atoms with van der Waals surface area (Å²) in [5.74, 6) is 0.761. The number of nitrogens with zero attached hydrogens (tertiary/aromatic N) is 1. The monoisotopic (exact) mass is 304 g/mol. The first-order valence-electron chi connectivity index (χ1n) is 6.95. The lowest BCUT2D eigenvalue weighted by Crippen LogP contribution is -2.28. The van der Waals surface area contributed by atoms with E-state index in [0.29, 0.717) is 13.0 Å². The molecule has 0 spiro atoms. The minimum Gasteiger partial charge on any atom is -0.493 e. The van der Waals surface area contributed by atoms with Crippen LogP contribution in [0.1, 0.15) is 35.7 Å². The molecule has 5 heteroatoms. The number of nitrogens with one attached hydrogen (secondary N) is 1. The van der Waals surface area contributed by atoms with Crippen molar-refractivity contribution in [3.8, 4) is 5.75 Å². The lowest BCUT2D eigenvalue weighted by molar-refractivity contribution is -0.122. The van der Waals surface area contributed by atoms with E-state index in [9.17, 15) is 4.79 Å². The SMILES string of the molecule is Cc1ccc(OCCC(=O)NC(C)c2csc(C)n2)cc1. The van der Waals surface area contributed by atoms with Crippen molar-refractivity contribution in [3.63, 3.8) is 0 Å². The van der Waals surface area contributed by atoms with E-state index in [1.807, 2.05) is 50.4 Å². The largest absolute Gasteiger partial charge is 0.493 e. The van der Waals surface area contributed by atoms with Crippen molar-refractivity contribution in [2.24, 2.45) is 0 Å². The molecule has 1 heterocycles. The van der Waals surface area contributed by atoms with Crippen molar-refractivity contribution < 1.29 is 9.53 Å². The van der Waals surface area contributed by atoms with Gasteiger partial charge in [-0.1, -0.05) is 17.7 Å². The molecule has 21 heavy (non-hydrogen) atoms. The number of ether oxygens (including phenoxy) is 1. The summed E-state index contributed by atoms with van der Waals surface area (Å²) in [6.45, 7) is 6.29. The second-order valence-electron chi connectivity index (χ2n) is 4.99. The molecule has 1 amide bonds. The van der Waals surface area contributed by atoms with Crippen molar-refractivity contribution in [2.45, 2.75) is 33.2 Å². The third-order valence-electron chi connectivity index (χ3n) is 3.08. The molecule has 0 saturated carbocycles. The molecule has 4 nitrogen and oxygen atoms in total. The Hall–Kier alpha value is -1.88. The number of hydrogen-bond acceptors (Lipinski definition) is 4. The molecule has 0 radical (unpaired) electrons.